The Labute approximate surface area is 123 Å². The molecule has 20 heavy (non-hydrogen) atoms. The molecule has 0 aliphatic carbocycles. The monoisotopic (exact) mass is 298 g/mol. The van der Waals surface area contributed by atoms with Crippen LogP contribution in [0.3, 0.4) is 0 Å². The zero-order valence-corrected chi connectivity index (χ0v) is 12.4. The van der Waals surface area contributed by atoms with Crippen molar-refractivity contribution in [3.05, 3.63) is 22.7 Å². The van der Waals surface area contributed by atoms with Crippen LogP contribution in [0.5, 0.6) is 0 Å². The van der Waals surface area contributed by atoms with Crippen LogP contribution in [-0.2, 0) is 9.47 Å². The predicted molar refractivity (Wildman–Crippen MR) is 79.3 cm³/mol. The number of rotatable bonds is 3. The van der Waals surface area contributed by atoms with Crippen molar-refractivity contribution in [3.8, 4) is 0 Å². The molecule has 1 heterocycles. The molecule has 6 heteroatoms. The lowest BCUT2D eigenvalue weighted by molar-refractivity contribution is 0.0535. The first-order valence-corrected chi connectivity index (χ1v) is 6.86. The minimum Gasteiger partial charge on any atom is -0.465 e. The summed E-state index contributed by atoms with van der Waals surface area (Å²) in [5.74, 6) is -0.470. The van der Waals surface area contributed by atoms with Crippen molar-refractivity contribution < 1.29 is 14.3 Å². The van der Waals surface area contributed by atoms with Crippen molar-refractivity contribution in [1.29, 1.82) is 0 Å². The zero-order chi connectivity index (χ0) is 14.8. The summed E-state index contributed by atoms with van der Waals surface area (Å²) >= 11 is 6.23. The lowest BCUT2D eigenvalue weighted by Gasteiger charge is -2.36. The molecule has 0 bridgehead atoms. The second-order valence-corrected chi connectivity index (χ2v) is 5.67. The second kappa shape index (κ2) is 5.89. The van der Waals surface area contributed by atoms with E-state index in [0.717, 1.165) is 19.4 Å². The molecule has 1 saturated heterocycles. The Kier molecular flexibility index (Phi) is 4.40. The average Bonchev–Trinajstić information content (AvgIpc) is 2.41. The van der Waals surface area contributed by atoms with E-state index in [1.165, 1.54) is 7.11 Å². The molecule has 0 aromatic heterocycles. The van der Waals surface area contributed by atoms with Gasteiger partial charge in [-0.25, -0.2) is 4.79 Å². The molecule has 3 N–H and O–H groups in total. The van der Waals surface area contributed by atoms with E-state index in [1.807, 2.05) is 6.92 Å². The maximum Gasteiger partial charge on any atom is 0.340 e. The third kappa shape index (κ3) is 3.16. The van der Waals surface area contributed by atoms with E-state index in [4.69, 9.17) is 26.8 Å². The number of carbonyl (C=O) groups is 1. The molecule has 1 aliphatic rings. The van der Waals surface area contributed by atoms with E-state index in [1.54, 1.807) is 12.1 Å². The third-order valence-corrected chi connectivity index (χ3v) is 3.68. The maximum atomic E-state index is 11.9. The molecule has 1 aromatic carbocycles. The summed E-state index contributed by atoms with van der Waals surface area (Å²) in [6, 6.07) is 3.18. The van der Waals surface area contributed by atoms with Gasteiger partial charge in [-0.2, -0.15) is 0 Å². The summed E-state index contributed by atoms with van der Waals surface area (Å²) in [5, 5.41) is 3.72. The molecule has 1 fully saturated rings. The standard InChI is InChI=1S/C14H19ClN2O3/c1-14(4-3-5-20-8-14)17-12-10(13(18)19-2)6-9(16)7-11(12)15/h6-7,17H,3-5,8,16H2,1-2H3. The first-order valence-electron chi connectivity index (χ1n) is 6.48. The number of anilines is 2. The maximum absolute atomic E-state index is 11.9. The number of esters is 1. The SMILES string of the molecule is COC(=O)c1cc(N)cc(Cl)c1NC1(C)CCCOC1. The van der Waals surface area contributed by atoms with Gasteiger partial charge in [0, 0.05) is 12.3 Å². The first kappa shape index (κ1) is 14.9. The largest absolute Gasteiger partial charge is 0.465 e. The fraction of sp³-hybridized carbons (Fsp3) is 0.500. The summed E-state index contributed by atoms with van der Waals surface area (Å²) in [6.07, 6.45) is 1.90. The van der Waals surface area contributed by atoms with Crippen molar-refractivity contribution in [2.24, 2.45) is 0 Å². The Morgan fingerprint density at radius 3 is 2.90 bits per heavy atom. The van der Waals surface area contributed by atoms with E-state index in [2.05, 4.69) is 5.32 Å². The van der Waals surface area contributed by atoms with Gasteiger partial charge in [0.15, 0.2) is 0 Å². The number of ether oxygens (including phenoxy) is 2. The minimum absolute atomic E-state index is 0.263. The summed E-state index contributed by atoms with van der Waals surface area (Å²) in [7, 11) is 1.33. The number of nitrogens with two attached hydrogens (primary N) is 1. The lowest BCUT2D eigenvalue weighted by Crippen LogP contribution is -2.43. The van der Waals surface area contributed by atoms with Gasteiger partial charge in [0.1, 0.15) is 0 Å². The number of methoxy groups -OCH3 is 1. The number of nitrogen functional groups attached to an aromatic ring is 1. The van der Waals surface area contributed by atoms with Gasteiger partial charge in [-0.3, -0.25) is 0 Å². The van der Waals surface area contributed by atoms with Crippen LogP contribution >= 0.6 is 11.6 Å². The Morgan fingerprint density at radius 2 is 2.30 bits per heavy atom. The van der Waals surface area contributed by atoms with Crippen LogP contribution in [0.2, 0.25) is 5.02 Å². The number of hydrogen-bond donors (Lipinski definition) is 2. The fourth-order valence-corrected chi connectivity index (χ4v) is 2.64. The van der Waals surface area contributed by atoms with Gasteiger partial charge in [-0.05, 0) is 31.9 Å². The Bertz CT molecular complexity index is 513. The molecule has 5 nitrogen and oxygen atoms in total. The molecule has 0 spiro atoms. The van der Waals surface area contributed by atoms with Crippen LogP contribution in [0.4, 0.5) is 11.4 Å². The Balaban J connectivity index is 2.36. The number of benzene rings is 1. The molecular formula is C14H19ClN2O3. The van der Waals surface area contributed by atoms with Gasteiger partial charge >= 0.3 is 5.97 Å². The summed E-state index contributed by atoms with van der Waals surface area (Å²) in [5.41, 5.74) is 6.78. The number of halogens is 1. The number of nitrogens with one attached hydrogen (secondary N) is 1. The predicted octanol–water partition coefficient (Wildman–Crippen LogP) is 2.69. The molecule has 0 radical (unpaired) electrons. The summed E-state index contributed by atoms with van der Waals surface area (Å²) in [6.45, 7) is 3.37. The molecular weight excluding hydrogens is 280 g/mol. The van der Waals surface area contributed by atoms with Crippen LogP contribution in [0, 0.1) is 0 Å². The molecule has 1 aliphatic heterocycles. The van der Waals surface area contributed by atoms with E-state index >= 15 is 0 Å². The van der Waals surface area contributed by atoms with E-state index in [0.29, 0.717) is 28.6 Å². The normalized spacial score (nSPS) is 22.4. The van der Waals surface area contributed by atoms with Gasteiger partial charge in [0.25, 0.3) is 0 Å². The topological polar surface area (TPSA) is 73.6 Å². The number of hydrogen-bond acceptors (Lipinski definition) is 5. The van der Waals surface area contributed by atoms with Gasteiger partial charge < -0.3 is 20.5 Å². The molecule has 0 amide bonds. The van der Waals surface area contributed by atoms with Crippen LogP contribution in [-0.4, -0.2) is 31.8 Å². The Morgan fingerprint density at radius 1 is 1.55 bits per heavy atom. The average molecular weight is 299 g/mol. The second-order valence-electron chi connectivity index (χ2n) is 5.26. The van der Waals surface area contributed by atoms with Crippen LogP contribution < -0.4 is 11.1 Å². The van der Waals surface area contributed by atoms with Crippen molar-refractivity contribution in [3.63, 3.8) is 0 Å². The highest BCUT2D eigenvalue weighted by Crippen LogP contribution is 2.34. The fourth-order valence-electron chi connectivity index (χ4n) is 2.36. The third-order valence-electron chi connectivity index (χ3n) is 3.38. The first-order chi connectivity index (χ1) is 9.45. The zero-order valence-electron chi connectivity index (χ0n) is 11.7. The molecule has 0 saturated carbocycles. The van der Waals surface area contributed by atoms with Gasteiger partial charge in [-0.1, -0.05) is 11.6 Å². The van der Waals surface area contributed by atoms with Crippen molar-refractivity contribution >= 4 is 28.9 Å². The summed E-state index contributed by atoms with van der Waals surface area (Å²) < 4.78 is 10.3. The number of carbonyl (C=O) groups excluding carboxylic acids is 1. The minimum atomic E-state index is -0.470. The highest BCUT2D eigenvalue weighted by molar-refractivity contribution is 6.34. The highest BCUT2D eigenvalue weighted by atomic mass is 35.5. The van der Waals surface area contributed by atoms with Crippen LogP contribution in [0.15, 0.2) is 12.1 Å². The van der Waals surface area contributed by atoms with Gasteiger partial charge in [-0.15, -0.1) is 0 Å². The van der Waals surface area contributed by atoms with Crippen LogP contribution in [0.25, 0.3) is 0 Å². The van der Waals surface area contributed by atoms with Crippen molar-refractivity contribution in [2.75, 3.05) is 31.4 Å². The van der Waals surface area contributed by atoms with E-state index in [9.17, 15) is 4.79 Å². The summed E-state index contributed by atoms with van der Waals surface area (Å²) in [4.78, 5) is 11.9. The van der Waals surface area contributed by atoms with Gasteiger partial charge in [0.05, 0.1) is 35.5 Å². The Hall–Kier alpha value is -1.46. The van der Waals surface area contributed by atoms with E-state index < -0.39 is 5.97 Å². The van der Waals surface area contributed by atoms with Crippen LogP contribution in [0.1, 0.15) is 30.1 Å². The molecule has 2 rings (SSSR count). The highest BCUT2D eigenvalue weighted by Gasteiger charge is 2.30. The lowest BCUT2D eigenvalue weighted by atomic mass is 9.94. The van der Waals surface area contributed by atoms with Crippen molar-refractivity contribution in [2.45, 2.75) is 25.3 Å². The smallest absolute Gasteiger partial charge is 0.340 e. The van der Waals surface area contributed by atoms with E-state index in [-0.39, 0.29) is 5.54 Å². The molecule has 1 atom stereocenters. The molecule has 1 aromatic rings. The quantitative estimate of drug-likeness (QED) is 0.663. The molecule has 1 unspecified atom stereocenters. The molecule has 110 valence electrons. The van der Waals surface area contributed by atoms with Crippen molar-refractivity contribution in [1.82, 2.24) is 0 Å². The van der Waals surface area contributed by atoms with Gasteiger partial charge in [0.2, 0.25) is 0 Å².